The molecule has 0 aliphatic rings. The number of sulfonamides is 1. The Kier molecular flexibility index (Phi) is 11.7. The number of guanidine groups is 1. The van der Waals surface area contributed by atoms with Crippen LogP contribution >= 0.6 is 0 Å². The lowest BCUT2D eigenvalue weighted by molar-refractivity contribution is 0.130. The van der Waals surface area contributed by atoms with Gasteiger partial charge >= 0.3 is 0 Å². The predicted octanol–water partition coefficient (Wildman–Crippen LogP) is 1.72. The molecular formula is C19H34N4O3S. The number of nitrogens with zero attached hydrogens (tertiary/aromatic N) is 1. The molecule has 0 saturated heterocycles. The summed E-state index contributed by atoms with van der Waals surface area (Å²) in [5, 5.41) is 6.15. The highest BCUT2D eigenvalue weighted by Crippen LogP contribution is 1.99. The van der Waals surface area contributed by atoms with Crippen LogP contribution < -0.4 is 15.4 Å². The lowest BCUT2D eigenvalue weighted by atomic mass is 10.1. The number of benzene rings is 1. The van der Waals surface area contributed by atoms with Gasteiger partial charge in [-0.15, -0.1) is 0 Å². The van der Waals surface area contributed by atoms with Gasteiger partial charge in [-0.3, -0.25) is 4.99 Å². The van der Waals surface area contributed by atoms with Gasteiger partial charge in [0.2, 0.25) is 10.0 Å². The van der Waals surface area contributed by atoms with Gasteiger partial charge in [0.15, 0.2) is 5.96 Å². The van der Waals surface area contributed by atoms with E-state index >= 15 is 0 Å². The first-order valence-corrected chi connectivity index (χ1v) is 11.2. The third kappa shape index (κ3) is 12.4. The van der Waals surface area contributed by atoms with Crippen molar-refractivity contribution in [1.82, 2.24) is 15.4 Å². The molecule has 0 amide bonds. The summed E-state index contributed by atoms with van der Waals surface area (Å²) in [7, 11) is -3.35. The van der Waals surface area contributed by atoms with E-state index in [-0.39, 0.29) is 12.3 Å². The molecule has 0 spiro atoms. The highest BCUT2D eigenvalue weighted by Gasteiger charge is 2.10. The molecule has 0 unspecified atom stereocenters. The molecule has 8 heteroatoms. The van der Waals surface area contributed by atoms with Crippen LogP contribution in [-0.4, -0.2) is 53.0 Å². The normalized spacial score (nSPS) is 12.4. The van der Waals surface area contributed by atoms with Crippen LogP contribution in [-0.2, 0) is 21.3 Å². The third-order valence-electron chi connectivity index (χ3n) is 3.69. The smallest absolute Gasteiger partial charge is 0.213 e. The van der Waals surface area contributed by atoms with Crippen molar-refractivity contribution in [2.45, 2.75) is 33.7 Å². The second-order valence-corrected chi connectivity index (χ2v) is 8.53. The van der Waals surface area contributed by atoms with Gasteiger partial charge in [-0.05, 0) is 24.8 Å². The summed E-state index contributed by atoms with van der Waals surface area (Å²) >= 11 is 0. The molecule has 0 atom stereocenters. The topological polar surface area (TPSA) is 91.8 Å². The fraction of sp³-hybridized carbons (Fsp3) is 0.632. The Hall–Kier alpha value is -1.64. The Morgan fingerprint density at radius 3 is 2.56 bits per heavy atom. The molecule has 0 fully saturated rings. The van der Waals surface area contributed by atoms with Crippen LogP contribution in [0, 0.1) is 5.92 Å². The lowest BCUT2D eigenvalue weighted by Crippen LogP contribution is -2.41. The molecule has 1 aromatic rings. The number of nitrogens with one attached hydrogen (secondary N) is 3. The Labute approximate surface area is 164 Å². The number of hydrogen-bond donors (Lipinski definition) is 3. The molecule has 1 aromatic carbocycles. The Balaban J connectivity index is 2.30. The first-order valence-electron chi connectivity index (χ1n) is 9.54. The zero-order valence-electron chi connectivity index (χ0n) is 16.7. The van der Waals surface area contributed by atoms with E-state index in [1.807, 2.05) is 37.3 Å². The number of hydrogen-bond acceptors (Lipinski definition) is 4. The monoisotopic (exact) mass is 398 g/mol. The van der Waals surface area contributed by atoms with E-state index in [9.17, 15) is 8.42 Å². The van der Waals surface area contributed by atoms with Gasteiger partial charge in [-0.1, -0.05) is 44.2 Å². The van der Waals surface area contributed by atoms with Gasteiger partial charge in [0, 0.05) is 26.2 Å². The van der Waals surface area contributed by atoms with Crippen LogP contribution in [0.2, 0.25) is 0 Å². The minimum absolute atomic E-state index is 0.0187. The molecule has 0 heterocycles. The first-order chi connectivity index (χ1) is 12.9. The molecule has 7 nitrogen and oxygen atoms in total. The van der Waals surface area contributed by atoms with Crippen molar-refractivity contribution in [2.75, 3.05) is 38.6 Å². The maximum atomic E-state index is 12.1. The lowest BCUT2D eigenvalue weighted by Gasteiger charge is -2.12. The summed E-state index contributed by atoms with van der Waals surface area (Å²) < 4.78 is 32.3. The zero-order valence-corrected chi connectivity index (χ0v) is 17.5. The van der Waals surface area contributed by atoms with E-state index in [1.165, 1.54) is 0 Å². The Morgan fingerprint density at radius 1 is 1.15 bits per heavy atom. The fourth-order valence-corrected chi connectivity index (χ4v) is 3.05. The zero-order chi connectivity index (χ0) is 20.0. The second kappa shape index (κ2) is 13.5. The van der Waals surface area contributed by atoms with Gasteiger partial charge in [0.1, 0.15) is 0 Å². The summed E-state index contributed by atoms with van der Waals surface area (Å²) in [5.41, 5.74) is 0.932. The summed E-state index contributed by atoms with van der Waals surface area (Å²) in [6, 6.07) is 9.45. The van der Waals surface area contributed by atoms with Crippen LogP contribution in [0.4, 0.5) is 0 Å². The molecule has 0 aliphatic heterocycles. The summed E-state index contributed by atoms with van der Waals surface area (Å²) in [6.07, 6.45) is 1.04. The van der Waals surface area contributed by atoms with E-state index in [1.54, 1.807) is 0 Å². The molecule has 0 saturated carbocycles. The number of ether oxygens (including phenoxy) is 1. The van der Waals surface area contributed by atoms with Gasteiger partial charge in [0.05, 0.1) is 18.9 Å². The minimum Gasteiger partial charge on any atom is -0.380 e. The molecule has 154 valence electrons. The van der Waals surface area contributed by atoms with Crippen LogP contribution in [0.25, 0.3) is 0 Å². The van der Waals surface area contributed by atoms with E-state index in [0.717, 1.165) is 18.6 Å². The summed E-state index contributed by atoms with van der Waals surface area (Å²) in [4.78, 5) is 4.40. The minimum atomic E-state index is -3.35. The van der Waals surface area contributed by atoms with Crippen molar-refractivity contribution in [3.05, 3.63) is 35.9 Å². The van der Waals surface area contributed by atoms with Crippen LogP contribution in [0.15, 0.2) is 35.3 Å². The van der Waals surface area contributed by atoms with Crippen LogP contribution in [0.1, 0.15) is 32.8 Å². The van der Waals surface area contributed by atoms with E-state index in [4.69, 9.17) is 4.74 Å². The molecule has 3 N–H and O–H groups in total. The molecule has 27 heavy (non-hydrogen) atoms. The van der Waals surface area contributed by atoms with E-state index in [2.05, 4.69) is 34.2 Å². The van der Waals surface area contributed by atoms with Crippen molar-refractivity contribution in [3.8, 4) is 0 Å². The van der Waals surface area contributed by atoms with Crippen molar-refractivity contribution in [3.63, 3.8) is 0 Å². The van der Waals surface area contributed by atoms with Gasteiger partial charge in [-0.25, -0.2) is 13.1 Å². The first kappa shape index (κ1) is 23.4. The van der Waals surface area contributed by atoms with Crippen LogP contribution in [0.5, 0.6) is 0 Å². The Bertz CT molecular complexity index is 634. The SMILES string of the molecule is CCNC(=NCCOCCC(C)C)NCCS(=O)(=O)NCc1ccccc1. The third-order valence-corrected chi connectivity index (χ3v) is 5.02. The number of aliphatic imine (C=N–C) groups is 1. The quantitative estimate of drug-likeness (QED) is 0.267. The maximum absolute atomic E-state index is 12.1. The van der Waals surface area contributed by atoms with Crippen molar-refractivity contribution in [1.29, 1.82) is 0 Å². The predicted molar refractivity (Wildman–Crippen MR) is 111 cm³/mol. The average Bonchev–Trinajstić information content (AvgIpc) is 2.63. The molecular weight excluding hydrogens is 364 g/mol. The highest BCUT2D eigenvalue weighted by molar-refractivity contribution is 7.89. The molecule has 0 bridgehead atoms. The van der Waals surface area contributed by atoms with E-state index in [0.29, 0.717) is 38.1 Å². The van der Waals surface area contributed by atoms with Crippen LogP contribution in [0.3, 0.4) is 0 Å². The fourth-order valence-electron chi connectivity index (χ4n) is 2.15. The molecule has 0 aliphatic carbocycles. The summed E-state index contributed by atoms with van der Waals surface area (Å²) in [5.74, 6) is 1.21. The maximum Gasteiger partial charge on any atom is 0.213 e. The standard InChI is InChI=1S/C19H34N4O3S/c1-4-20-19(21-11-14-26-13-10-17(2)3)22-12-15-27(24,25)23-16-18-8-6-5-7-9-18/h5-9,17,23H,4,10-16H2,1-3H3,(H2,20,21,22). The van der Waals surface area contributed by atoms with Crippen molar-refractivity contribution in [2.24, 2.45) is 10.9 Å². The second-order valence-electron chi connectivity index (χ2n) is 6.61. The number of rotatable bonds is 13. The van der Waals surface area contributed by atoms with Gasteiger partial charge in [-0.2, -0.15) is 0 Å². The molecule has 0 aromatic heterocycles. The van der Waals surface area contributed by atoms with Gasteiger partial charge < -0.3 is 15.4 Å². The average molecular weight is 399 g/mol. The highest BCUT2D eigenvalue weighted by atomic mass is 32.2. The van der Waals surface area contributed by atoms with Gasteiger partial charge in [0.25, 0.3) is 0 Å². The Morgan fingerprint density at radius 2 is 1.89 bits per heavy atom. The summed E-state index contributed by atoms with van der Waals surface area (Å²) in [6.45, 7) is 9.41. The molecule has 1 rings (SSSR count). The van der Waals surface area contributed by atoms with E-state index < -0.39 is 10.0 Å². The van der Waals surface area contributed by atoms with Crippen molar-refractivity contribution >= 4 is 16.0 Å². The van der Waals surface area contributed by atoms with Crippen molar-refractivity contribution < 1.29 is 13.2 Å². The molecule has 0 radical (unpaired) electrons. The largest absolute Gasteiger partial charge is 0.380 e.